The number of hydrogen-bond donors (Lipinski definition) is 3. The number of hydrogen-bond acceptors (Lipinski definition) is 10. The summed E-state index contributed by atoms with van der Waals surface area (Å²) < 4.78 is 17.1. The summed E-state index contributed by atoms with van der Waals surface area (Å²) >= 11 is 14.2. The van der Waals surface area contributed by atoms with Crippen molar-refractivity contribution in [3.63, 3.8) is 0 Å². The molecule has 2 aliphatic heterocycles. The summed E-state index contributed by atoms with van der Waals surface area (Å²) in [5.74, 6) is 0.932. The maximum absolute atomic E-state index is 13.3. The van der Waals surface area contributed by atoms with Crippen LogP contribution in [-0.2, 0) is 27.4 Å². The van der Waals surface area contributed by atoms with Gasteiger partial charge >= 0.3 is 6.09 Å². The summed E-state index contributed by atoms with van der Waals surface area (Å²) in [5, 5.41) is 10.1. The molecule has 3 N–H and O–H groups in total. The molecule has 15 heteroatoms. The fourth-order valence-electron chi connectivity index (χ4n) is 6.63. The van der Waals surface area contributed by atoms with Gasteiger partial charge in [0.25, 0.3) is 0 Å². The zero-order chi connectivity index (χ0) is 39.3. The summed E-state index contributed by atoms with van der Waals surface area (Å²) in [6.07, 6.45) is 5.13. The zero-order valence-corrected chi connectivity index (χ0v) is 33.0. The maximum atomic E-state index is 13.3. The summed E-state index contributed by atoms with van der Waals surface area (Å²) in [4.78, 5) is 52.2. The number of carbonyl (C=O) groups is 3. The molecule has 4 aromatic rings. The van der Waals surface area contributed by atoms with Crippen LogP contribution >= 0.6 is 23.2 Å². The number of ether oxygens (including phenoxy) is 3. The molecule has 290 valence electrons. The van der Waals surface area contributed by atoms with Gasteiger partial charge in [0.15, 0.2) is 0 Å². The van der Waals surface area contributed by atoms with E-state index in [-0.39, 0.29) is 42.9 Å². The lowest BCUT2D eigenvalue weighted by atomic mass is 9.99. The van der Waals surface area contributed by atoms with Crippen LogP contribution in [0.5, 0.6) is 11.6 Å². The van der Waals surface area contributed by atoms with Gasteiger partial charge in [-0.15, -0.1) is 0 Å². The van der Waals surface area contributed by atoms with Gasteiger partial charge in [-0.25, -0.2) is 9.78 Å². The largest absolute Gasteiger partial charge is 0.496 e. The average Bonchev–Trinajstić information content (AvgIpc) is 3.77. The molecule has 3 amide bonds. The molecular weight excluding hydrogens is 745 g/mol. The Labute approximate surface area is 330 Å². The Morgan fingerprint density at radius 2 is 1.64 bits per heavy atom. The number of rotatable bonds is 13. The van der Waals surface area contributed by atoms with Gasteiger partial charge in [0.2, 0.25) is 17.7 Å². The lowest BCUT2D eigenvalue weighted by molar-refractivity contribution is -0.120. The summed E-state index contributed by atoms with van der Waals surface area (Å²) in [6, 6.07) is 13.1. The first-order chi connectivity index (χ1) is 26.3. The fourth-order valence-corrected chi connectivity index (χ4v) is 7.28. The third-order valence-corrected chi connectivity index (χ3v) is 10.1. The van der Waals surface area contributed by atoms with Crippen LogP contribution in [-0.4, -0.2) is 82.8 Å². The Balaban J connectivity index is 1.24. The molecule has 2 aliphatic rings. The van der Waals surface area contributed by atoms with Crippen LogP contribution in [0.15, 0.2) is 54.9 Å². The van der Waals surface area contributed by atoms with Gasteiger partial charge in [-0.3, -0.25) is 19.6 Å². The van der Waals surface area contributed by atoms with Crippen LogP contribution in [0, 0.1) is 0 Å². The molecule has 0 saturated carbocycles. The normalized spacial score (nSPS) is 16.8. The van der Waals surface area contributed by atoms with Crippen molar-refractivity contribution in [2.75, 3.05) is 27.3 Å². The van der Waals surface area contributed by atoms with Gasteiger partial charge in [-0.1, -0.05) is 53.5 Å². The van der Waals surface area contributed by atoms with Crippen LogP contribution in [0.3, 0.4) is 0 Å². The summed E-state index contributed by atoms with van der Waals surface area (Å²) in [7, 11) is 3.10. The van der Waals surface area contributed by atoms with Gasteiger partial charge < -0.3 is 35.1 Å². The monoisotopic (exact) mass is 789 g/mol. The smallest absolute Gasteiger partial charge is 0.410 e. The van der Waals surface area contributed by atoms with Crippen molar-refractivity contribution in [3.05, 3.63) is 76.2 Å². The molecule has 0 aliphatic carbocycles. The van der Waals surface area contributed by atoms with E-state index in [2.05, 4.69) is 25.9 Å². The lowest BCUT2D eigenvalue weighted by Gasteiger charge is -2.29. The SMILES string of the molecule is COc1cc(-c2nccc(-c3cccc(-c4cnc(CN(C[C@@H]5CCC(=O)N5)C(=O)OC(C)(C)C)c(OC)n4)c3Cl)c2Cl)ccc1CNC[C@@H]1CCC(=O)N1. The van der Waals surface area contributed by atoms with E-state index >= 15 is 0 Å². The third kappa shape index (κ3) is 9.64. The molecule has 0 unspecified atom stereocenters. The minimum Gasteiger partial charge on any atom is -0.496 e. The van der Waals surface area contributed by atoms with E-state index in [1.807, 2.05) is 42.5 Å². The summed E-state index contributed by atoms with van der Waals surface area (Å²) in [6.45, 7) is 6.91. The van der Waals surface area contributed by atoms with Crippen LogP contribution in [0.25, 0.3) is 33.6 Å². The predicted molar refractivity (Wildman–Crippen MR) is 210 cm³/mol. The Kier molecular flexibility index (Phi) is 12.4. The molecule has 13 nitrogen and oxygen atoms in total. The van der Waals surface area contributed by atoms with E-state index in [4.69, 9.17) is 42.4 Å². The molecular formula is C40H45Cl2N7O6. The number of nitrogens with zero attached hydrogens (tertiary/aromatic N) is 4. The first-order valence-corrected chi connectivity index (χ1v) is 18.9. The van der Waals surface area contributed by atoms with E-state index in [1.165, 1.54) is 12.0 Å². The molecule has 2 atom stereocenters. The predicted octanol–water partition coefficient (Wildman–Crippen LogP) is 6.58. The minimum absolute atomic E-state index is 0.0449. The lowest BCUT2D eigenvalue weighted by Crippen LogP contribution is -2.44. The topological polar surface area (TPSA) is 157 Å². The molecule has 0 radical (unpaired) electrons. The highest BCUT2D eigenvalue weighted by Gasteiger charge is 2.30. The second kappa shape index (κ2) is 17.2. The maximum Gasteiger partial charge on any atom is 0.410 e. The molecule has 2 fully saturated rings. The first-order valence-electron chi connectivity index (χ1n) is 18.1. The van der Waals surface area contributed by atoms with Gasteiger partial charge in [0, 0.05) is 78.6 Å². The number of benzene rings is 2. The van der Waals surface area contributed by atoms with Crippen molar-refractivity contribution in [2.45, 2.75) is 77.2 Å². The van der Waals surface area contributed by atoms with Gasteiger partial charge in [0.05, 0.1) is 48.4 Å². The Bertz CT molecular complexity index is 2070. The minimum atomic E-state index is -0.722. The molecule has 2 saturated heterocycles. The summed E-state index contributed by atoms with van der Waals surface area (Å²) in [5.41, 5.74) is 4.36. The highest BCUT2D eigenvalue weighted by atomic mass is 35.5. The Morgan fingerprint density at radius 1 is 0.927 bits per heavy atom. The number of methoxy groups -OCH3 is 2. The van der Waals surface area contributed by atoms with Crippen LogP contribution in [0.1, 0.15) is 57.7 Å². The van der Waals surface area contributed by atoms with Crippen molar-refractivity contribution < 1.29 is 28.6 Å². The van der Waals surface area contributed by atoms with Crippen molar-refractivity contribution in [1.29, 1.82) is 0 Å². The first kappa shape index (κ1) is 39.7. The number of nitrogens with one attached hydrogen (secondary N) is 3. The Hall–Kier alpha value is -4.98. The van der Waals surface area contributed by atoms with Crippen molar-refractivity contribution in [3.8, 4) is 45.3 Å². The average molecular weight is 791 g/mol. The Morgan fingerprint density at radius 3 is 2.31 bits per heavy atom. The quantitative estimate of drug-likeness (QED) is 0.135. The molecule has 0 bridgehead atoms. The fraction of sp³-hybridized carbons (Fsp3) is 0.400. The second-order valence-corrected chi connectivity index (χ2v) is 15.3. The van der Waals surface area contributed by atoms with Crippen LogP contribution in [0.2, 0.25) is 10.0 Å². The molecule has 6 rings (SSSR count). The third-order valence-electron chi connectivity index (χ3n) is 9.33. The second-order valence-electron chi connectivity index (χ2n) is 14.5. The number of aromatic nitrogens is 3. The number of halogens is 2. The molecule has 2 aromatic carbocycles. The zero-order valence-electron chi connectivity index (χ0n) is 31.5. The van der Waals surface area contributed by atoms with Gasteiger partial charge in [-0.2, -0.15) is 0 Å². The highest BCUT2D eigenvalue weighted by Crippen LogP contribution is 2.42. The number of carbonyl (C=O) groups excluding carboxylic acids is 3. The van der Waals surface area contributed by atoms with Gasteiger partial charge in [-0.05, 0) is 45.7 Å². The van der Waals surface area contributed by atoms with E-state index < -0.39 is 11.7 Å². The molecule has 0 spiro atoms. The number of amides is 3. The molecule has 55 heavy (non-hydrogen) atoms. The van der Waals surface area contributed by atoms with Crippen LogP contribution in [0.4, 0.5) is 4.79 Å². The van der Waals surface area contributed by atoms with Gasteiger partial charge in [0.1, 0.15) is 17.0 Å². The number of pyridine rings is 1. The molecule has 2 aromatic heterocycles. The standard InChI is InChI=1S/C40H45Cl2N7O6/c1-40(2,3)55-39(52)49(21-26-12-14-34(51)47-26)22-31-38(54-5)48-30(20-45-31)29-8-6-7-27(35(29)41)28-15-16-44-37(36(28)42)23-9-10-24(32(17-23)53-4)18-43-19-25-11-13-33(50)46-25/h6-10,15-17,20,25-26,43H,11-14,18-19,21-22H2,1-5H3,(H,46,50)(H,47,51)/t25-,26-/m0/s1. The van der Waals surface area contributed by atoms with E-state index in [0.717, 1.165) is 17.5 Å². The van der Waals surface area contributed by atoms with Crippen molar-refractivity contribution >= 4 is 41.1 Å². The van der Waals surface area contributed by atoms with E-state index in [1.54, 1.807) is 40.3 Å². The molecule has 4 heterocycles. The van der Waals surface area contributed by atoms with E-state index in [0.29, 0.717) is 81.9 Å². The highest BCUT2D eigenvalue weighted by molar-refractivity contribution is 6.39. The van der Waals surface area contributed by atoms with Crippen molar-refractivity contribution in [1.82, 2.24) is 35.8 Å². The van der Waals surface area contributed by atoms with E-state index in [9.17, 15) is 14.4 Å². The van der Waals surface area contributed by atoms with Crippen molar-refractivity contribution in [2.24, 2.45) is 0 Å². The van der Waals surface area contributed by atoms with Crippen LogP contribution < -0.4 is 25.4 Å².